The van der Waals surface area contributed by atoms with Gasteiger partial charge >= 0.3 is 0 Å². The van der Waals surface area contributed by atoms with Crippen LogP contribution in [-0.2, 0) is 16.1 Å². The maximum absolute atomic E-state index is 11.8. The SMILES string of the molecule is COC1(CC(=O)NCc2ccccc2O)CCC1. The molecule has 1 aliphatic rings. The van der Waals surface area contributed by atoms with Crippen LogP contribution in [0.25, 0.3) is 0 Å². The summed E-state index contributed by atoms with van der Waals surface area (Å²) < 4.78 is 5.41. The van der Waals surface area contributed by atoms with Gasteiger partial charge in [0.25, 0.3) is 0 Å². The minimum atomic E-state index is -0.247. The van der Waals surface area contributed by atoms with E-state index in [1.165, 1.54) is 0 Å². The van der Waals surface area contributed by atoms with Gasteiger partial charge in [-0.1, -0.05) is 18.2 Å². The number of carbonyl (C=O) groups excluding carboxylic acids is 1. The van der Waals surface area contributed by atoms with Crippen molar-refractivity contribution in [3.05, 3.63) is 29.8 Å². The van der Waals surface area contributed by atoms with Gasteiger partial charge in [-0.3, -0.25) is 4.79 Å². The normalized spacial score (nSPS) is 16.9. The van der Waals surface area contributed by atoms with Gasteiger partial charge in [0.1, 0.15) is 5.75 Å². The molecule has 1 amide bonds. The van der Waals surface area contributed by atoms with Crippen LogP contribution in [-0.4, -0.2) is 23.7 Å². The third-order valence-electron chi connectivity index (χ3n) is 3.65. The quantitative estimate of drug-likeness (QED) is 0.838. The zero-order chi connectivity index (χ0) is 13.0. The molecule has 0 aliphatic heterocycles. The summed E-state index contributed by atoms with van der Waals surface area (Å²) in [6.45, 7) is 0.352. The first-order valence-corrected chi connectivity index (χ1v) is 6.24. The number of rotatable bonds is 5. The number of hydrogen-bond acceptors (Lipinski definition) is 3. The highest BCUT2D eigenvalue weighted by atomic mass is 16.5. The van der Waals surface area contributed by atoms with Crippen molar-refractivity contribution in [3.8, 4) is 5.75 Å². The molecule has 4 nitrogen and oxygen atoms in total. The summed E-state index contributed by atoms with van der Waals surface area (Å²) in [5.41, 5.74) is 0.481. The number of para-hydroxylation sites is 1. The van der Waals surface area contributed by atoms with Crippen LogP contribution in [0.2, 0.25) is 0 Å². The molecular formula is C14H19NO3. The number of carbonyl (C=O) groups is 1. The lowest BCUT2D eigenvalue weighted by Gasteiger charge is -2.39. The Hall–Kier alpha value is -1.55. The van der Waals surface area contributed by atoms with Crippen molar-refractivity contribution in [2.45, 2.75) is 37.8 Å². The van der Waals surface area contributed by atoms with Gasteiger partial charge in [-0.25, -0.2) is 0 Å². The number of amides is 1. The molecule has 1 aromatic rings. The lowest BCUT2D eigenvalue weighted by molar-refractivity contribution is -0.134. The van der Waals surface area contributed by atoms with Gasteiger partial charge in [0, 0.05) is 19.2 Å². The molecule has 1 fully saturated rings. The standard InChI is InChI=1S/C14H19NO3/c1-18-14(7-4-8-14)9-13(17)15-10-11-5-2-3-6-12(11)16/h2-3,5-6,16H,4,7-10H2,1H3,(H,15,17). The second-order valence-corrected chi connectivity index (χ2v) is 4.82. The first-order chi connectivity index (χ1) is 8.65. The van der Waals surface area contributed by atoms with E-state index in [1.54, 1.807) is 25.3 Å². The number of benzene rings is 1. The molecule has 0 unspecified atom stereocenters. The summed E-state index contributed by atoms with van der Waals surface area (Å²) in [7, 11) is 1.66. The summed E-state index contributed by atoms with van der Waals surface area (Å²) in [6, 6.07) is 7.01. The van der Waals surface area contributed by atoms with E-state index in [0.717, 1.165) is 24.8 Å². The molecule has 0 saturated heterocycles. The summed E-state index contributed by atoms with van der Waals surface area (Å²) in [6.07, 6.45) is 3.43. The minimum absolute atomic E-state index is 0.0280. The van der Waals surface area contributed by atoms with Crippen LogP contribution in [0.4, 0.5) is 0 Å². The van der Waals surface area contributed by atoms with Crippen molar-refractivity contribution in [2.24, 2.45) is 0 Å². The van der Waals surface area contributed by atoms with Crippen LogP contribution in [0.1, 0.15) is 31.2 Å². The van der Waals surface area contributed by atoms with Crippen LogP contribution in [0.15, 0.2) is 24.3 Å². The van der Waals surface area contributed by atoms with Gasteiger partial charge in [-0.05, 0) is 25.3 Å². The van der Waals surface area contributed by atoms with Gasteiger partial charge in [-0.15, -0.1) is 0 Å². The highest BCUT2D eigenvalue weighted by Crippen LogP contribution is 2.37. The summed E-state index contributed by atoms with van der Waals surface area (Å²) in [5, 5.41) is 12.4. The molecule has 0 spiro atoms. The molecule has 2 N–H and O–H groups in total. The average Bonchev–Trinajstić information content (AvgIpc) is 2.33. The molecule has 18 heavy (non-hydrogen) atoms. The molecule has 0 heterocycles. The Labute approximate surface area is 107 Å². The zero-order valence-electron chi connectivity index (χ0n) is 10.6. The molecule has 98 valence electrons. The molecule has 1 aliphatic carbocycles. The molecule has 0 aromatic heterocycles. The smallest absolute Gasteiger partial charge is 0.223 e. The van der Waals surface area contributed by atoms with Crippen molar-refractivity contribution in [1.82, 2.24) is 5.32 Å². The first kappa shape index (κ1) is 12.9. The summed E-state index contributed by atoms with van der Waals surface area (Å²) >= 11 is 0. The van der Waals surface area contributed by atoms with Crippen LogP contribution in [0.3, 0.4) is 0 Å². The third kappa shape index (κ3) is 2.82. The Morgan fingerprint density at radius 3 is 2.72 bits per heavy atom. The molecule has 4 heteroatoms. The lowest BCUT2D eigenvalue weighted by Crippen LogP contribution is -2.43. The molecule has 1 saturated carbocycles. The predicted octanol–water partition coefficient (Wildman–Crippen LogP) is 1.97. The number of hydrogen-bond donors (Lipinski definition) is 2. The van der Waals surface area contributed by atoms with Gasteiger partial charge in [0.15, 0.2) is 0 Å². The van der Waals surface area contributed by atoms with E-state index in [1.807, 2.05) is 6.07 Å². The number of aromatic hydroxyl groups is 1. The fourth-order valence-corrected chi connectivity index (χ4v) is 2.23. The number of ether oxygens (including phenoxy) is 1. The highest BCUT2D eigenvalue weighted by Gasteiger charge is 2.38. The number of nitrogens with one attached hydrogen (secondary N) is 1. The van der Waals surface area contributed by atoms with E-state index in [9.17, 15) is 9.90 Å². The monoisotopic (exact) mass is 249 g/mol. The largest absolute Gasteiger partial charge is 0.508 e. The van der Waals surface area contributed by atoms with E-state index in [0.29, 0.717) is 13.0 Å². The summed E-state index contributed by atoms with van der Waals surface area (Å²) in [5.74, 6) is 0.183. The highest BCUT2D eigenvalue weighted by molar-refractivity contribution is 5.77. The fourth-order valence-electron chi connectivity index (χ4n) is 2.23. The van der Waals surface area contributed by atoms with E-state index in [4.69, 9.17) is 4.74 Å². The van der Waals surface area contributed by atoms with E-state index < -0.39 is 0 Å². The average molecular weight is 249 g/mol. The van der Waals surface area contributed by atoms with Crippen molar-refractivity contribution in [1.29, 1.82) is 0 Å². The topological polar surface area (TPSA) is 58.6 Å². The van der Waals surface area contributed by atoms with E-state index >= 15 is 0 Å². The van der Waals surface area contributed by atoms with Gasteiger partial charge in [0.2, 0.25) is 5.91 Å². The molecule has 1 aromatic carbocycles. The van der Waals surface area contributed by atoms with Crippen LogP contribution >= 0.6 is 0 Å². The predicted molar refractivity (Wildman–Crippen MR) is 68.2 cm³/mol. The van der Waals surface area contributed by atoms with Gasteiger partial charge in [-0.2, -0.15) is 0 Å². The zero-order valence-corrected chi connectivity index (χ0v) is 10.6. The number of phenols is 1. The van der Waals surface area contributed by atoms with Crippen molar-refractivity contribution in [3.63, 3.8) is 0 Å². The molecule has 0 bridgehead atoms. The van der Waals surface area contributed by atoms with E-state index in [2.05, 4.69) is 5.32 Å². The van der Waals surface area contributed by atoms with Crippen molar-refractivity contribution in [2.75, 3.05) is 7.11 Å². The Kier molecular flexibility index (Phi) is 3.87. The van der Waals surface area contributed by atoms with Crippen molar-refractivity contribution < 1.29 is 14.6 Å². The molecule has 0 atom stereocenters. The molecular weight excluding hydrogens is 230 g/mol. The van der Waals surface area contributed by atoms with Gasteiger partial charge < -0.3 is 15.2 Å². The number of phenolic OH excluding ortho intramolecular Hbond substituents is 1. The van der Waals surface area contributed by atoms with Gasteiger partial charge in [0.05, 0.1) is 12.0 Å². The second kappa shape index (κ2) is 5.40. The Morgan fingerprint density at radius 1 is 1.44 bits per heavy atom. The number of methoxy groups -OCH3 is 1. The van der Waals surface area contributed by atoms with Crippen molar-refractivity contribution >= 4 is 5.91 Å². The van der Waals surface area contributed by atoms with Crippen LogP contribution < -0.4 is 5.32 Å². The third-order valence-corrected chi connectivity index (χ3v) is 3.65. The Morgan fingerprint density at radius 2 is 2.17 bits per heavy atom. The first-order valence-electron chi connectivity index (χ1n) is 6.24. The fraction of sp³-hybridized carbons (Fsp3) is 0.500. The maximum atomic E-state index is 11.8. The minimum Gasteiger partial charge on any atom is -0.508 e. The van der Waals surface area contributed by atoms with Crippen LogP contribution in [0, 0.1) is 0 Å². The molecule has 2 rings (SSSR count). The second-order valence-electron chi connectivity index (χ2n) is 4.82. The Bertz CT molecular complexity index is 421. The van der Waals surface area contributed by atoms with Crippen LogP contribution in [0.5, 0.6) is 5.75 Å². The van der Waals surface area contributed by atoms with E-state index in [-0.39, 0.29) is 17.3 Å². The molecule has 0 radical (unpaired) electrons. The summed E-state index contributed by atoms with van der Waals surface area (Å²) in [4.78, 5) is 11.8. The lowest BCUT2D eigenvalue weighted by atomic mass is 9.77. The maximum Gasteiger partial charge on any atom is 0.223 e. The Balaban J connectivity index is 1.83.